The SMILES string of the molecule is CCOC(=O)c1cc(OC)nc(N)c1C(F)F. The van der Waals surface area contributed by atoms with E-state index in [1.807, 2.05) is 0 Å². The number of carbonyl (C=O) groups excluding carboxylic acids is 1. The van der Waals surface area contributed by atoms with E-state index >= 15 is 0 Å². The van der Waals surface area contributed by atoms with Crippen LogP contribution in [0.2, 0.25) is 0 Å². The lowest BCUT2D eigenvalue weighted by molar-refractivity contribution is 0.0515. The first-order valence-corrected chi connectivity index (χ1v) is 4.80. The average Bonchev–Trinajstić information content (AvgIpc) is 2.27. The summed E-state index contributed by atoms with van der Waals surface area (Å²) in [5, 5.41) is 0. The Balaban J connectivity index is 3.32. The van der Waals surface area contributed by atoms with Gasteiger partial charge in [0.05, 0.1) is 24.8 Å². The molecule has 7 heteroatoms. The van der Waals surface area contributed by atoms with E-state index in [2.05, 4.69) is 9.72 Å². The number of rotatable bonds is 4. The van der Waals surface area contributed by atoms with Crippen LogP contribution in [-0.4, -0.2) is 24.7 Å². The summed E-state index contributed by atoms with van der Waals surface area (Å²) < 4.78 is 34.9. The highest BCUT2D eigenvalue weighted by Crippen LogP contribution is 2.30. The number of hydrogen-bond donors (Lipinski definition) is 1. The molecule has 0 aliphatic heterocycles. The van der Waals surface area contributed by atoms with Crippen molar-refractivity contribution in [3.05, 3.63) is 17.2 Å². The van der Waals surface area contributed by atoms with Crippen LogP contribution in [0.15, 0.2) is 6.07 Å². The standard InChI is InChI=1S/C10H12F2N2O3/c1-3-17-10(15)5-4-6(16-2)14-9(13)7(5)8(11)12/h4,8H,3H2,1-2H3,(H2,13,14). The second kappa shape index (κ2) is 5.42. The van der Waals surface area contributed by atoms with Crippen molar-refractivity contribution in [1.29, 1.82) is 0 Å². The van der Waals surface area contributed by atoms with E-state index in [0.717, 1.165) is 6.07 Å². The maximum atomic E-state index is 12.8. The molecule has 0 unspecified atom stereocenters. The number of hydrogen-bond acceptors (Lipinski definition) is 5. The highest BCUT2D eigenvalue weighted by Gasteiger charge is 2.24. The topological polar surface area (TPSA) is 74.4 Å². The van der Waals surface area contributed by atoms with Gasteiger partial charge in [-0.2, -0.15) is 4.98 Å². The average molecular weight is 246 g/mol. The molecule has 17 heavy (non-hydrogen) atoms. The molecule has 0 fully saturated rings. The Hall–Kier alpha value is -1.92. The fourth-order valence-electron chi connectivity index (χ4n) is 1.26. The van der Waals surface area contributed by atoms with Crippen molar-refractivity contribution in [2.75, 3.05) is 19.5 Å². The van der Waals surface area contributed by atoms with E-state index in [4.69, 9.17) is 10.5 Å². The lowest BCUT2D eigenvalue weighted by Gasteiger charge is -2.11. The summed E-state index contributed by atoms with van der Waals surface area (Å²) in [6, 6.07) is 1.08. The Labute approximate surface area is 96.5 Å². The molecular weight excluding hydrogens is 234 g/mol. The quantitative estimate of drug-likeness (QED) is 0.820. The van der Waals surface area contributed by atoms with Crippen LogP contribution in [0.25, 0.3) is 0 Å². The normalized spacial score (nSPS) is 10.4. The predicted molar refractivity (Wildman–Crippen MR) is 56.1 cm³/mol. The molecule has 1 aromatic rings. The molecule has 1 heterocycles. The number of carbonyl (C=O) groups is 1. The molecule has 0 spiro atoms. The van der Waals surface area contributed by atoms with Crippen molar-refractivity contribution in [1.82, 2.24) is 4.98 Å². The number of anilines is 1. The van der Waals surface area contributed by atoms with Crippen molar-refractivity contribution in [3.8, 4) is 5.88 Å². The molecule has 94 valence electrons. The van der Waals surface area contributed by atoms with E-state index in [1.54, 1.807) is 6.92 Å². The number of methoxy groups -OCH3 is 1. The monoisotopic (exact) mass is 246 g/mol. The number of pyridine rings is 1. The molecule has 0 aliphatic carbocycles. The second-order valence-corrected chi connectivity index (χ2v) is 3.03. The van der Waals surface area contributed by atoms with Gasteiger partial charge in [0.15, 0.2) is 0 Å². The first-order chi connectivity index (χ1) is 8.01. The van der Waals surface area contributed by atoms with E-state index in [0.29, 0.717) is 0 Å². The van der Waals surface area contributed by atoms with Crippen molar-refractivity contribution in [3.63, 3.8) is 0 Å². The number of aromatic nitrogens is 1. The first kappa shape index (κ1) is 13.1. The third-order valence-electron chi connectivity index (χ3n) is 1.99. The number of nitrogens with two attached hydrogens (primary N) is 1. The maximum absolute atomic E-state index is 12.8. The van der Waals surface area contributed by atoms with Gasteiger partial charge in [0.1, 0.15) is 5.82 Å². The van der Waals surface area contributed by atoms with Gasteiger partial charge in [0, 0.05) is 6.07 Å². The third kappa shape index (κ3) is 2.80. The zero-order valence-corrected chi connectivity index (χ0v) is 9.37. The lowest BCUT2D eigenvalue weighted by Crippen LogP contribution is -2.12. The zero-order chi connectivity index (χ0) is 13.0. The highest BCUT2D eigenvalue weighted by atomic mass is 19.3. The fourth-order valence-corrected chi connectivity index (χ4v) is 1.26. The van der Waals surface area contributed by atoms with Gasteiger partial charge in [-0.1, -0.05) is 0 Å². The molecule has 0 amide bonds. The molecule has 0 bridgehead atoms. The summed E-state index contributed by atoms with van der Waals surface area (Å²) in [7, 11) is 1.29. The number of esters is 1. The minimum atomic E-state index is -2.91. The van der Waals surface area contributed by atoms with E-state index in [-0.39, 0.29) is 18.1 Å². The Morgan fingerprint density at radius 1 is 1.59 bits per heavy atom. The molecule has 0 saturated heterocycles. The molecular formula is C10H12F2N2O3. The number of nitrogen functional groups attached to an aromatic ring is 1. The number of ether oxygens (including phenoxy) is 2. The highest BCUT2D eigenvalue weighted by molar-refractivity contribution is 5.92. The summed E-state index contributed by atoms with van der Waals surface area (Å²) >= 11 is 0. The molecule has 1 rings (SSSR count). The van der Waals surface area contributed by atoms with Crippen LogP contribution in [0, 0.1) is 0 Å². The van der Waals surface area contributed by atoms with Gasteiger partial charge in [-0.25, -0.2) is 13.6 Å². The van der Waals surface area contributed by atoms with Gasteiger partial charge in [0.25, 0.3) is 6.43 Å². The summed E-state index contributed by atoms with van der Waals surface area (Å²) in [6.45, 7) is 1.65. The lowest BCUT2D eigenvalue weighted by atomic mass is 10.1. The molecule has 5 nitrogen and oxygen atoms in total. The summed E-state index contributed by atoms with van der Waals surface area (Å²) in [6.07, 6.45) is -2.91. The van der Waals surface area contributed by atoms with Crippen LogP contribution >= 0.6 is 0 Å². The Morgan fingerprint density at radius 2 is 2.24 bits per heavy atom. The molecule has 0 radical (unpaired) electrons. The molecule has 0 aliphatic rings. The van der Waals surface area contributed by atoms with E-state index < -0.39 is 23.8 Å². The van der Waals surface area contributed by atoms with Gasteiger partial charge >= 0.3 is 5.97 Å². The second-order valence-electron chi connectivity index (χ2n) is 3.03. The Morgan fingerprint density at radius 3 is 2.71 bits per heavy atom. The van der Waals surface area contributed by atoms with Gasteiger partial charge < -0.3 is 15.2 Å². The maximum Gasteiger partial charge on any atom is 0.338 e. The minimum absolute atomic E-state index is 0.0186. The number of nitrogens with zero attached hydrogens (tertiary/aromatic N) is 1. The Kier molecular flexibility index (Phi) is 4.19. The van der Waals surface area contributed by atoms with Gasteiger partial charge in [-0.15, -0.1) is 0 Å². The van der Waals surface area contributed by atoms with E-state index in [9.17, 15) is 13.6 Å². The van der Waals surface area contributed by atoms with Crippen LogP contribution in [0.4, 0.5) is 14.6 Å². The van der Waals surface area contributed by atoms with Gasteiger partial charge in [-0.3, -0.25) is 0 Å². The van der Waals surface area contributed by atoms with Crippen LogP contribution in [0.1, 0.15) is 29.3 Å². The van der Waals surface area contributed by atoms with Gasteiger partial charge in [0.2, 0.25) is 5.88 Å². The van der Waals surface area contributed by atoms with Crippen LogP contribution < -0.4 is 10.5 Å². The van der Waals surface area contributed by atoms with Crippen LogP contribution in [0.5, 0.6) is 5.88 Å². The number of halogens is 2. The smallest absolute Gasteiger partial charge is 0.338 e. The van der Waals surface area contributed by atoms with E-state index in [1.165, 1.54) is 7.11 Å². The first-order valence-electron chi connectivity index (χ1n) is 4.80. The van der Waals surface area contributed by atoms with Crippen molar-refractivity contribution >= 4 is 11.8 Å². The van der Waals surface area contributed by atoms with Gasteiger partial charge in [-0.05, 0) is 6.92 Å². The molecule has 0 aromatic carbocycles. The Bertz CT molecular complexity index is 424. The minimum Gasteiger partial charge on any atom is -0.481 e. The van der Waals surface area contributed by atoms with Crippen molar-refractivity contribution in [2.45, 2.75) is 13.3 Å². The number of alkyl halides is 2. The van der Waals surface area contributed by atoms with Crippen molar-refractivity contribution < 1.29 is 23.0 Å². The molecule has 2 N–H and O–H groups in total. The molecule has 0 saturated carbocycles. The third-order valence-corrected chi connectivity index (χ3v) is 1.99. The van der Waals surface area contributed by atoms with Crippen LogP contribution in [-0.2, 0) is 4.74 Å². The van der Waals surface area contributed by atoms with Crippen molar-refractivity contribution in [2.24, 2.45) is 0 Å². The fraction of sp³-hybridized carbons (Fsp3) is 0.400. The summed E-state index contributed by atoms with van der Waals surface area (Å²) in [5.74, 6) is -1.34. The largest absolute Gasteiger partial charge is 0.481 e. The summed E-state index contributed by atoms with van der Waals surface area (Å²) in [5.41, 5.74) is 4.39. The molecule has 0 atom stereocenters. The summed E-state index contributed by atoms with van der Waals surface area (Å²) in [4.78, 5) is 15.1. The van der Waals surface area contributed by atoms with Crippen LogP contribution in [0.3, 0.4) is 0 Å². The molecule has 1 aromatic heterocycles. The zero-order valence-electron chi connectivity index (χ0n) is 9.37. The predicted octanol–water partition coefficient (Wildman–Crippen LogP) is 1.79.